The van der Waals surface area contributed by atoms with Crippen LogP contribution in [0.5, 0.6) is 0 Å². The molecule has 4 atom stereocenters. The molecule has 0 aliphatic carbocycles. The molecule has 0 radical (unpaired) electrons. The van der Waals surface area contributed by atoms with Gasteiger partial charge in [0, 0.05) is 6.42 Å². The zero-order valence-corrected chi connectivity index (χ0v) is 28.7. The number of ether oxygens (including phenoxy) is 4. The van der Waals surface area contributed by atoms with E-state index in [9.17, 15) is 9.59 Å². The van der Waals surface area contributed by atoms with Gasteiger partial charge in [-0.15, -0.1) is 0 Å². The van der Waals surface area contributed by atoms with Crippen molar-refractivity contribution in [2.45, 2.75) is 70.4 Å². The zero-order valence-electron chi connectivity index (χ0n) is 27.8. The Kier molecular flexibility index (Phi) is 12.9. The van der Waals surface area contributed by atoms with Crippen LogP contribution in [0.4, 0.5) is 5.82 Å². The Bertz CT molecular complexity index is 1640. The first-order valence-corrected chi connectivity index (χ1v) is 18.4. The number of anilines is 1. The number of nitrogens with two attached hydrogens (primary N) is 1. The van der Waals surface area contributed by atoms with Crippen LogP contribution in [-0.4, -0.2) is 75.8 Å². The maximum absolute atomic E-state index is 15.0. The van der Waals surface area contributed by atoms with Crippen molar-refractivity contribution >= 4 is 36.4 Å². The van der Waals surface area contributed by atoms with Crippen LogP contribution in [0.15, 0.2) is 73.3 Å². The first-order valence-electron chi connectivity index (χ1n) is 16.5. The Morgan fingerprint density at radius 1 is 0.918 bits per heavy atom. The summed E-state index contributed by atoms with van der Waals surface area (Å²) in [5.41, 5.74) is 8.63. The van der Waals surface area contributed by atoms with Crippen LogP contribution in [0.2, 0.25) is 0 Å². The molecule has 2 aromatic heterocycles. The van der Waals surface area contributed by atoms with Gasteiger partial charge in [0.2, 0.25) is 7.44 Å². The number of aromatic nitrogens is 4. The van der Waals surface area contributed by atoms with Gasteiger partial charge in [0.05, 0.1) is 32.3 Å². The number of nitrogens with zero attached hydrogens (tertiary/aromatic N) is 4. The van der Waals surface area contributed by atoms with Crippen molar-refractivity contribution in [3.8, 4) is 0 Å². The molecule has 262 valence electrons. The van der Waals surface area contributed by atoms with Crippen LogP contribution in [-0.2, 0) is 45.9 Å². The van der Waals surface area contributed by atoms with E-state index < -0.39 is 43.8 Å². The van der Waals surface area contributed by atoms with Gasteiger partial charge in [0.25, 0.3) is 0 Å². The molecule has 14 nitrogen and oxygen atoms in total. The normalized spacial score (nSPS) is 17.5. The zero-order chi connectivity index (χ0) is 34.6. The van der Waals surface area contributed by atoms with Crippen molar-refractivity contribution in [2.24, 2.45) is 0 Å². The predicted octanol–water partition coefficient (Wildman–Crippen LogP) is 4.17. The molecular weight excluding hydrogens is 649 g/mol. The van der Waals surface area contributed by atoms with Gasteiger partial charge >= 0.3 is 11.9 Å². The third-order valence-corrected chi connectivity index (χ3v) is 9.86. The third-order valence-electron chi connectivity index (χ3n) is 7.89. The second-order valence-electron chi connectivity index (χ2n) is 11.8. The molecular formula is C34H44N7O7P. The predicted molar refractivity (Wildman–Crippen MR) is 183 cm³/mol. The summed E-state index contributed by atoms with van der Waals surface area (Å²) in [6, 6.07) is 16.7. The van der Waals surface area contributed by atoms with Crippen LogP contribution in [0, 0.1) is 0 Å². The molecule has 0 saturated carbocycles. The lowest BCUT2D eigenvalue weighted by Gasteiger charge is -2.29. The Morgan fingerprint density at radius 3 is 2.04 bits per heavy atom. The first-order chi connectivity index (χ1) is 23.8. The molecule has 49 heavy (non-hydrogen) atoms. The summed E-state index contributed by atoms with van der Waals surface area (Å²) >= 11 is 0. The Hall–Kier alpha value is -4.20. The number of carbonyl (C=O) groups excluding carboxylic acids is 2. The van der Waals surface area contributed by atoms with E-state index in [0.717, 1.165) is 11.1 Å². The second kappa shape index (κ2) is 17.5. The molecule has 5 rings (SSSR count). The van der Waals surface area contributed by atoms with E-state index in [1.54, 1.807) is 10.9 Å². The van der Waals surface area contributed by atoms with E-state index >= 15 is 4.57 Å². The molecule has 1 aliphatic heterocycles. The number of benzene rings is 2. The van der Waals surface area contributed by atoms with Crippen LogP contribution in [0.25, 0.3) is 11.2 Å². The molecule has 1 fully saturated rings. The quantitative estimate of drug-likeness (QED) is 0.0999. The van der Waals surface area contributed by atoms with Gasteiger partial charge in [-0.05, 0) is 36.8 Å². The van der Waals surface area contributed by atoms with Gasteiger partial charge in [-0.1, -0.05) is 74.5 Å². The number of hydrogen-bond donors (Lipinski definition) is 3. The van der Waals surface area contributed by atoms with E-state index in [1.807, 2.05) is 74.5 Å². The molecule has 0 bridgehead atoms. The highest BCUT2D eigenvalue weighted by molar-refractivity contribution is 7.59. The highest BCUT2D eigenvalue weighted by atomic mass is 31.2. The van der Waals surface area contributed by atoms with Crippen molar-refractivity contribution in [2.75, 3.05) is 31.9 Å². The highest BCUT2D eigenvalue weighted by Gasteiger charge is 2.38. The molecule has 0 spiro atoms. The van der Waals surface area contributed by atoms with Crippen molar-refractivity contribution in [1.82, 2.24) is 29.7 Å². The van der Waals surface area contributed by atoms with Crippen molar-refractivity contribution < 1.29 is 33.1 Å². The Balaban J connectivity index is 1.39. The summed E-state index contributed by atoms with van der Waals surface area (Å²) in [6.45, 7) is 4.41. The van der Waals surface area contributed by atoms with Gasteiger partial charge in [0.15, 0.2) is 11.5 Å². The lowest BCUT2D eigenvalue weighted by Crippen LogP contribution is -2.47. The number of carbonyl (C=O) groups is 2. The lowest BCUT2D eigenvalue weighted by molar-refractivity contribution is -0.146. The van der Waals surface area contributed by atoms with Gasteiger partial charge in [-0.3, -0.25) is 18.7 Å². The van der Waals surface area contributed by atoms with E-state index in [1.165, 1.54) is 6.33 Å². The topological polar surface area (TPSA) is 182 Å². The smallest absolute Gasteiger partial charge is 0.323 e. The minimum absolute atomic E-state index is 0.197. The average Bonchev–Trinajstić information content (AvgIpc) is 3.77. The number of nitrogens with one attached hydrogen (secondary N) is 2. The molecule has 0 unspecified atom stereocenters. The number of fused-ring (bicyclic) bond motifs is 1. The van der Waals surface area contributed by atoms with Crippen LogP contribution in [0.3, 0.4) is 0 Å². The molecule has 3 heterocycles. The molecule has 1 saturated heterocycles. The largest absolute Gasteiger partial charge is 0.465 e. The summed E-state index contributed by atoms with van der Waals surface area (Å²) in [7, 11) is -3.89. The standard InChI is InChI=1S/C34H44N7O7P/c1-3-15-45-33(42)27(17-24-11-7-5-8-12-24)39-49(44,40-28(34(43)46-16-4-2)18-25-13-9-6-10-14-25)23-48-26-19-29(47-20-26)41-22-38-30-31(35)36-21-37-32(30)41/h5-14,21-22,26-29H,3-4,15-20,23H2,1-2H3,(H2,35,36,37)(H2,39,40,44)/t26-,27+,28+,29-/m1/s1. The van der Waals surface area contributed by atoms with E-state index in [-0.39, 0.29) is 44.8 Å². The highest BCUT2D eigenvalue weighted by Crippen LogP contribution is 2.40. The molecule has 4 N–H and O–H groups in total. The van der Waals surface area contributed by atoms with Crippen molar-refractivity contribution in [3.63, 3.8) is 0 Å². The fourth-order valence-corrected chi connectivity index (χ4v) is 7.51. The number of esters is 2. The molecule has 0 amide bonds. The van der Waals surface area contributed by atoms with Gasteiger partial charge in [-0.25, -0.2) is 25.1 Å². The lowest BCUT2D eigenvalue weighted by atomic mass is 10.1. The molecule has 2 aromatic carbocycles. The minimum Gasteiger partial charge on any atom is -0.465 e. The maximum atomic E-state index is 15.0. The summed E-state index contributed by atoms with van der Waals surface area (Å²) in [4.78, 5) is 39.4. The summed E-state index contributed by atoms with van der Waals surface area (Å²) in [5, 5.41) is 6.12. The second-order valence-corrected chi connectivity index (χ2v) is 14.1. The first kappa shape index (κ1) is 36.1. The SMILES string of the molecule is CCCOC(=O)[C@H](Cc1ccccc1)NP(=O)(CO[C@H]1CO[C@@H](n2cnc3c(N)ncnc32)C1)N[C@@H](Cc1ccccc1)C(=O)OCCC. The molecule has 15 heteroatoms. The summed E-state index contributed by atoms with van der Waals surface area (Å²) in [6.07, 6.45) is 3.70. The summed E-state index contributed by atoms with van der Waals surface area (Å²) in [5.74, 6) is -0.852. The third kappa shape index (κ3) is 9.93. The van der Waals surface area contributed by atoms with E-state index in [4.69, 9.17) is 24.7 Å². The minimum atomic E-state index is -3.89. The number of nitrogen functional groups attached to an aromatic ring is 1. The number of rotatable bonds is 18. The van der Waals surface area contributed by atoms with Gasteiger partial charge in [0.1, 0.15) is 36.5 Å². The number of imidazole rings is 1. The van der Waals surface area contributed by atoms with Crippen LogP contribution in [0.1, 0.15) is 50.5 Å². The Labute approximate surface area is 285 Å². The Morgan fingerprint density at radius 2 is 1.49 bits per heavy atom. The van der Waals surface area contributed by atoms with Gasteiger partial charge in [-0.2, -0.15) is 0 Å². The monoisotopic (exact) mass is 693 g/mol. The number of hydrogen-bond acceptors (Lipinski definition) is 11. The van der Waals surface area contributed by atoms with Crippen molar-refractivity contribution in [3.05, 3.63) is 84.4 Å². The van der Waals surface area contributed by atoms with Crippen LogP contribution < -0.4 is 15.9 Å². The van der Waals surface area contributed by atoms with E-state index in [2.05, 4.69) is 25.1 Å². The summed E-state index contributed by atoms with van der Waals surface area (Å²) < 4.78 is 40.1. The van der Waals surface area contributed by atoms with Crippen molar-refractivity contribution in [1.29, 1.82) is 0 Å². The van der Waals surface area contributed by atoms with E-state index in [0.29, 0.717) is 30.4 Å². The van der Waals surface area contributed by atoms with Crippen LogP contribution >= 0.6 is 7.44 Å². The fraction of sp³-hybridized carbons (Fsp3) is 0.441. The average molecular weight is 694 g/mol. The maximum Gasteiger partial charge on any atom is 0.323 e. The molecule has 4 aromatic rings. The van der Waals surface area contributed by atoms with Gasteiger partial charge < -0.3 is 24.7 Å². The molecule has 1 aliphatic rings. The fourth-order valence-electron chi connectivity index (χ4n) is 5.47.